The van der Waals surface area contributed by atoms with Crippen molar-refractivity contribution in [1.29, 1.82) is 0 Å². The SMILES string of the molecule is CC(C)CNC(=O)/C=C/c1ccc(S(=O)(=O)Nc2ccccc2Cl)cc1. The summed E-state index contributed by atoms with van der Waals surface area (Å²) in [5, 5.41) is 3.10. The molecule has 2 N–H and O–H groups in total. The molecule has 0 radical (unpaired) electrons. The standard InChI is InChI=1S/C19H21ClN2O3S/c1-14(2)13-21-19(23)12-9-15-7-10-16(11-8-15)26(24,25)22-18-6-4-3-5-17(18)20/h3-12,14,22H,13H2,1-2H3,(H,21,23)/b12-9+. The molecule has 0 saturated carbocycles. The highest BCUT2D eigenvalue weighted by atomic mass is 35.5. The number of sulfonamides is 1. The first-order chi connectivity index (χ1) is 12.3. The maximum Gasteiger partial charge on any atom is 0.261 e. The van der Waals surface area contributed by atoms with E-state index in [2.05, 4.69) is 10.0 Å². The Bertz CT molecular complexity index is 891. The van der Waals surface area contributed by atoms with Crippen LogP contribution in [0.1, 0.15) is 19.4 Å². The summed E-state index contributed by atoms with van der Waals surface area (Å²) >= 11 is 5.99. The third-order valence-corrected chi connectivity index (χ3v) is 5.13. The number of anilines is 1. The molecule has 5 nitrogen and oxygen atoms in total. The average molecular weight is 393 g/mol. The van der Waals surface area contributed by atoms with Crippen LogP contribution in [0.5, 0.6) is 0 Å². The first-order valence-electron chi connectivity index (χ1n) is 8.11. The summed E-state index contributed by atoms with van der Waals surface area (Å²) in [5.74, 6) is 0.193. The number of nitrogens with one attached hydrogen (secondary N) is 2. The Hall–Kier alpha value is -2.31. The van der Waals surface area contributed by atoms with Gasteiger partial charge in [-0.05, 0) is 41.8 Å². The second-order valence-corrected chi connectivity index (χ2v) is 8.22. The molecule has 0 bridgehead atoms. The molecule has 0 atom stereocenters. The largest absolute Gasteiger partial charge is 0.352 e. The summed E-state index contributed by atoms with van der Waals surface area (Å²) < 4.78 is 27.3. The van der Waals surface area contributed by atoms with Gasteiger partial charge in [0, 0.05) is 12.6 Å². The Kier molecular flexibility index (Phi) is 6.83. The highest BCUT2D eigenvalue weighted by molar-refractivity contribution is 7.92. The Morgan fingerprint density at radius 3 is 2.38 bits per heavy atom. The van der Waals surface area contributed by atoms with Gasteiger partial charge in [-0.1, -0.05) is 49.7 Å². The lowest BCUT2D eigenvalue weighted by Gasteiger charge is -2.09. The van der Waals surface area contributed by atoms with Crippen molar-refractivity contribution in [1.82, 2.24) is 5.32 Å². The van der Waals surface area contributed by atoms with Crippen LogP contribution in [-0.2, 0) is 14.8 Å². The maximum absolute atomic E-state index is 12.4. The molecule has 0 aliphatic heterocycles. The Labute approximate surface area is 159 Å². The maximum atomic E-state index is 12.4. The third-order valence-electron chi connectivity index (χ3n) is 3.42. The summed E-state index contributed by atoms with van der Waals surface area (Å²) in [5.41, 5.74) is 1.04. The second kappa shape index (κ2) is 8.87. The summed E-state index contributed by atoms with van der Waals surface area (Å²) in [7, 11) is -3.74. The first kappa shape index (κ1) is 20.0. The minimum atomic E-state index is -3.74. The van der Waals surface area contributed by atoms with Gasteiger partial charge in [-0.2, -0.15) is 0 Å². The average Bonchev–Trinajstić information content (AvgIpc) is 2.60. The number of rotatable bonds is 7. The molecule has 0 unspecified atom stereocenters. The van der Waals surface area contributed by atoms with Crippen molar-refractivity contribution < 1.29 is 13.2 Å². The third kappa shape index (κ3) is 5.89. The fourth-order valence-electron chi connectivity index (χ4n) is 2.04. The quantitative estimate of drug-likeness (QED) is 0.701. The minimum Gasteiger partial charge on any atom is -0.352 e. The molecule has 2 rings (SSSR count). The van der Waals surface area contributed by atoms with Crippen molar-refractivity contribution >= 4 is 39.3 Å². The van der Waals surface area contributed by atoms with E-state index in [1.54, 1.807) is 42.5 Å². The number of carbonyl (C=O) groups is 1. The number of para-hydroxylation sites is 1. The zero-order valence-electron chi connectivity index (χ0n) is 14.6. The molecule has 1 amide bonds. The molecule has 0 aliphatic rings. The van der Waals surface area contributed by atoms with Gasteiger partial charge in [-0.15, -0.1) is 0 Å². The van der Waals surface area contributed by atoms with E-state index in [1.165, 1.54) is 18.2 Å². The van der Waals surface area contributed by atoms with Gasteiger partial charge < -0.3 is 5.32 Å². The van der Waals surface area contributed by atoms with E-state index in [0.717, 1.165) is 5.56 Å². The van der Waals surface area contributed by atoms with Crippen molar-refractivity contribution in [3.63, 3.8) is 0 Å². The molecule has 0 spiro atoms. The van der Waals surface area contributed by atoms with Crippen LogP contribution in [0.4, 0.5) is 5.69 Å². The van der Waals surface area contributed by atoms with Gasteiger partial charge in [0.2, 0.25) is 5.91 Å². The Balaban J connectivity index is 2.06. The second-order valence-electron chi connectivity index (χ2n) is 6.13. The Morgan fingerprint density at radius 1 is 1.12 bits per heavy atom. The van der Waals surface area contributed by atoms with Crippen LogP contribution in [-0.4, -0.2) is 20.9 Å². The zero-order valence-corrected chi connectivity index (χ0v) is 16.1. The van der Waals surface area contributed by atoms with E-state index in [4.69, 9.17) is 11.6 Å². The molecule has 7 heteroatoms. The molecular weight excluding hydrogens is 372 g/mol. The van der Waals surface area contributed by atoms with E-state index in [0.29, 0.717) is 23.2 Å². The number of halogens is 1. The number of hydrogen-bond donors (Lipinski definition) is 2. The van der Waals surface area contributed by atoms with Gasteiger partial charge in [0.15, 0.2) is 0 Å². The normalized spacial score (nSPS) is 11.7. The van der Waals surface area contributed by atoms with Crippen LogP contribution in [0.3, 0.4) is 0 Å². The van der Waals surface area contributed by atoms with E-state index in [9.17, 15) is 13.2 Å². The monoisotopic (exact) mass is 392 g/mol. The van der Waals surface area contributed by atoms with Crippen LogP contribution in [0, 0.1) is 5.92 Å². The smallest absolute Gasteiger partial charge is 0.261 e. The van der Waals surface area contributed by atoms with Crippen molar-refractivity contribution in [3.8, 4) is 0 Å². The lowest BCUT2D eigenvalue weighted by Crippen LogP contribution is -2.25. The van der Waals surface area contributed by atoms with Crippen molar-refractivity contribution in [2.24, 2.45) is 5.92 Å². The molecule has 0 fully saturated rings. The summed E-state index contributed by atoms with van der Waals surface area (Å²) in [4.78, 5) is 11.8. The highest BCUT2D eigenvalue weighted by Crippen LogP contribution is 2.24. The van der Waals surface area contributed by atoms with Crippen molar-refractivity contribution in [3.05, 3.63) is 65.2 Å². The van der Waals surface area contributed by atoms with E-state index >= 15 is 0 Å². The van der Waals surface area contributed by atoms with E-state index in [-0.39, 0.29) is 10.8 Å². The van der Waals surface area contributed by atoms with Crippen molar-refractivity contribution in [2.45, 2.75) is 18.7 Å². The topological polar surface area (TPSA) is 75.3 Å². The van der Waals surface area contributed by atoms with Gasteiger partial charge in [-0.3, -0.25) is 9.52 Å². The number of carbonyl (C=O) groups excluding carboxylic acids is 1. The molecule has 138 valence electrons. The predicted octanol–water partition coefficient (Wildman–Crippen LogP) is 3.93. The van der Waals surface area contributed by atoms with Gasteiger partial charge >= 0.3 is 0 Å². The molecule has 2 aromatic rings. The van der Waals surface area contributed by atoms with E-state index < -0.39 is 10.0 Å². The van der Waals surface area contributed by atoms with Crippen LogP contribution in [0.25, 0.3) is 6.08 Å². The predicted molar refractivity (Wildman–Crippen MR) is 106 cm³/mol. The van der Waals surface area contributed by atoms with Crippen LogP contribution in [0.2, 0.25) is 5.02 Å². The molecule has 0 aliphatic carbocycles. The molecule has 2 aromatic carbocycles. The first-order valence-corrected chi connectivity index (χ1v) is 9.97. The zero-order chi connectivity index (χ0) is 19.2. The van der Waals surface area contributed by atoms with Crippen LogP contribution >= 0.6 is 11.6 Å². The van der Waals surface area contributed by atoms with Gasteiger partial charge in [0.25, 0.3) is 10.0 Å². The van der Waals surface area contributed by atoms with Gasteiger partial charge in [0.05, 0.1) is 15.6 Å². The molecule has 0 aromatic heterocycles. The molecular formula is C19H21ClN2O3S. The van der Waals surface area contributed by atoms with Crippen LogP contribution < -0.4 is 10.0 Å². The minimum absolute atomic E-state index is 0.110. The number of hydrogen-bond acceptors (Lipinski definition) is 3. The Morgan fingerprint density at radius 2 is 1.77 bits per heavy atom. The number of benzene rings is 2. The highest BCUT2D eigenvalue weighted by Gasteiger charge is 2.15. The summed E-state index contributed by atoms with van der Waals surface area (Å²) in [6.45, 7) is 4.63. The lowest BCUT2D eigenvalue weighted by molar-refractivity contribution is -0.116. The van der Waals surface area contributed by atoms with Crippen LogP contribution in [0.15, 0.2) is 59.5 Å². The fraction of sp³-hybridized carbons (Fsp3) is 0.211. The number of amides is 1. The molecule has 0 saturated heterocycles. The molecule has 0 heterocycles. The van der Waals surface area contributed by atoms with Gasteiger partial charge in [0.1, 0.15) is 0 Å². The molecule has 26 heavy (non-hydrogen) atoms. The van der Waals surface area contributed by atoms with Crippen molar-refractivity contribution in [2.75, 3.05) is 11.3 Å². The fourth-order valence-corrected chi connectivity index (χ4v) is 3.36. The summed E-state index contributed by atoms with van der Waals surface area (Å²) in [6, 6.07) is 12.8. The van der Waals surface area contributed by atoms with Gasteiger partial charge in [-0.25, -0.2) is 8.42 Å². The summed E-state index contributed by atoms with van der Waals surface area (Å²) in [6.07, 6.45) is 3.06. The van der Waals surface area contributed by atoms with E-state index in [1.807, 2.05) is 13.8 Å². The lowest BCUT2D eigenvalue weighted by atomic mass is 10.2.